The second-order valence-corrected chi connectivity index (χ2v) is 3.15. The van der Waals surface area contributed by atoms with E-state index in [1.807, 2.05) is 0 Å². The number of rotatable bonds is 7. The first kappa shape index (κ1) is 12.2. The molecule has 5 N–H and O–H groups in total. The van der Waals surface area contributed by atoms with Crippen molar-refractivity contribution in [2.75, 3.05) is 26.2 Å². The molecule has 0 spiro atoms. The second kappa shape index (κ2) is 7.82. The van der Waals surface area contributed by atoms with Gasteiger partial charge < -0.3 is 21.7 Å². The molecule has 0 aromatic rings. The standard InChI is InChI=1S/C8H20N4O/c1-7(2)11-5-3-10-4-6-12-8(9)13/h7,10-11H,3-6H2,1-2H3,(H3,9,12,13). The van der Waals surface area contributed by atoms with Gasteiger partial charge in [0.15, 0.2) is 0 Å². The third-order valence-electron chi connectivity index (χ3n) is 1.46. The van der Waals surface area contributed by atoms with Crippen molar-refractivity contribution in [3.05, 3.63) is 0 Å². The number of nitrogens with two attached hydrogens (primary N) is 1. The number of nitrogens with one attached hydrogen (secondary N) is 3. The van der Waals surface area contributed by atoms with Gasteiger partial charge in [-0.15, -0.1) is 0 Å². The molecule has 2 amide bonds. The lowest BCUT2D eigenvalue weighted by Crippen LogP contribution is -2.38. The Balaban J connectivity index is 2.96. The predicted molar refractivity (Wildman–Crippen MR) is 53.6 cm³/mol. The Morgan fingerprint density at radius 1 is 1.23 bits per heavy atom. The van der Waals surface area contributed by atoms with E-state index in [4.69, 9.17) is 5.73 Å². The van der Waals surface area contributed by atoms with Gasteiger partial charge in [-0.05, 0) is 0 Å². The van der Waals surface area contributed by atoms with Crippen LogP contribution >= 0.6 is 0 Å². The highest BCUT2D eigenvalue weighted by atomic mass is 16.2. The van der Waals surface area contributed by atoms with Crippen molar-refractivity contribution < 1.29 is 4.79 Å². The van der Waals surface area contributed by atoms with E-state index in [1.54, 1.807) is 0 Å². The molecule has 0 aromatic carbocycles. The van der Waals surface area contributed by atoms with E-state index in [0.717, 1.165) is 19.6 Å². The van der Waals surface area contributed by atoms with E-state index in [0.29, 0.717) is 12.6 Å². The van der Waals surface area contributed by atoms with Gasteiger partial charge in [-0.1, -0.05) is 13.8 Å². The lowest BCUT2D eigenvalue weighted by atomic mass is 10.4. The topological polar surface area (TPSA) is 79.2 Å². The molecule has 0 aliphatic carbocycles. The minimum Gasteiger partial charge on any atom is -0.352 e. The minimum atomic E-state index is -0.470. The summed E-state index contributed by atoms with van der Waals surface area (Å²) in [6.07, 6.45) is 0. The maximum atomic E-state index is 10.2. The van der Waals surface area contributed by atoms with Crippen molar-refractivity contribution in [3.63, 3.8) is 0 Å². The highest BCUT2D eigenvalue weighted by molar-refractivity contribution is 5.71. The molecule has 0 bridgehead atoms. The van der Waals surface area contributed by atoms with Crippen molar-refractivity contribution in [1.29, 1.82) is 0 Å². The minimum absolute atomic E-state index is 0.470. The molecule has 0 heterocycles. The van der Waals surface area contributed by atoms with E-state index >= 15 is 0 Å². The zero-order valence-electron chi connectivity index (χ0n) is 8.39. The Bertz CT molecular complexity index is 138. The summed E-state index contributed by atoms with van der Waals surface area (Å²) >= 11 is 0. The molecule has 0 rings (SSSR count). The van der Waals surface area contributed by atoms with Gasteiger partial charge in [-0.25, -0.2) is 4.79 Å². The summed E-state index contributed by atoms with van der Waals surface area (Å²) in [5, 5.41) is 8.94. The summed E-state index contributed by atoms with van der Waals surface area (Å²) in [7, 11) is 0. The van der Waals surface area contributed by atoms with Gasteiger partial charge in [0.05, 0.1) is 0 Å². The average Bonchev–Trinajstić information content (AvgIpc) is 2.01. The van der Waals surface area contributed by atoms with Gasteiger partial charge in [0.1, 0.15) is 0 Å². The molecule has 0 aliphatic heterocycles. The van der Waals surface area contributed by atoms with Crippen LogP contribution in [0.2, 0.25) is 0 Å². The fraction of sp³-hybridized carbons (Fsp3) is 0.875. The second-order valence-electron chi connectivity index (χ2n) is 3.15. The molecule has 0 atom stereocenters. The summed E-state index contributed by atoms with van der Waals surface area (Å²) in [5.74, 6) is 0. The van der Waals surface area contributed by atoms with Gasteiger partial charge in [0, 0.05) is 32.2 Å². The first-order chi connectivity index (χ1) is 6.13. The van der Waals surface area contributed by atoms with Crippen molar-refractivity contribution in [2.24, 2.45) is 5.73 Å². The molecule has 0 fully saturated rings. The van der Waals surface area contributed by atoms with E-state index in [-0.39, 0.29) is 0 Å². The molecule has 5 heteroatoms. The van der Waals surface area contributed by atoms with Crippen molar-refractivity contribution in [2.45, 2.75) is 19.9 Å². The van der Waals surface area contributed by atoms with Gasteiger partial charge in [-0.2, -0.15) is 0 Å². The lowest BCUT2D eigenvalue weighted by Gasteiger charge is -2.08. The molecule has 0 saturated heterocycles. The number of hydrogen-bond donors (Lipinski definition) is 4. The van der Waals surface area contributed by atoms with Gasteiger partial charge >= 0.3 is 6.03 Å². The molecule has 78 valence electrons. The zero-order chi connectivity index (χ0) is 10.1. The molecule has 0 radical (unpaired) electrons. The Morgan fingerprint density at radius 3 is 2.38 bits per heavy atom. The number of carbonyl (C=O) groups is 1. The summed E-state index contributed by atoms with van der Waals surface area (Å²) < 4.78 is 0. The van der Waals surface area contributed by atoms with Crippen LogP contribution in [-0.2, 0) is 0 Å². The first-order valence-electron chi connectivity index (χ1n) is 4.60. The monoisotopic (exact) mass is 188 g/mol. The SMILES string of the molecule is CC(C)NCCNCCNC(N)=O. The Labute approximate surface area is 79.4 Å². The summed E-state index contributed by atoms with van der Waals surface area (Å²) in [6.45, 7) is 7.38. The van der Waals surface area contributed by atoms with Crippen LogP contribution in [0.5, 0.6) is 0 Å². The maximum Gasteiger partial charge on any atom is 0.312 e. The van der Waals surface area contributed by atoms with Crippen LogP contribution in [0.15, 0.2) is 0 Å². The molecular formula is C8H20N4O. The van der Waals surface area contributed by atoms with Crippen LogP contribution < -0.4 is 21.7 Å². The number of amides is 2. The highest BCUT2D eigenvalue weighted by Gasteiger charge is 1.92. The van der Waals surface area contributed by atoms with Crippen LogP contribution in [0, 0.1) is 0 Å². The number of urea groups is 1. The third kappa shape index (κ3) is 11.2. The Morgan fingerprint density at radius 2 is 1.85 bits per heavy atom. The number of carbonyl (C=O) groups excluding carboxylic acids is 1. The van der Waals surface area contributed by atoms with Gasteiger partial charge in [0.2, 0.25) is 0 Å². The van der Waals surface area contributed by atoms with Crippen LogP contribution in [0.25, 0.3) is 0 Å². The molecule has 13 heavy (non-hydrogen) atoms. The normalized spacial score (nSPS) is 10.4. The fourth-order valence-corrected chi connectivity index (χ4v) is 0.848. The van der Waals surface area contributed by atoms with E-state index in [1.165, 1.54) is 0 Å². The average molecular weight is 188 g/mol. The van der Waals surface area contributed by atoms with Gasteiger partial charge in [0.25, 0.3) is 0 Å². The van der Waals surface area contributed by atoms with E-state index < -0.39 is 6.03 Å². The van der Waals surface area contributed by atoms with Crippen molar-refractivity contribution >= 4 is 6.03 Å². The van der Waals surface area contributed by atoms with Crippen LogP contribution in [0.1, 0.15) is 13.8 Å². The first-order valence-corrected chi connectivity index (χ1v) is 4.60. The molecule has 0 saturated carbocycles. The van der Waals surface area contributed by atoms with Crippen molar-refractivity contribution in [3.8, 4) is 0 Å². The molecule has 0 unspecified atom stereocenters. The zero-order valence-corrected chi connectivity index (χ0v) is 8.39. The summed E-state index contributed by atoms with van der Waals surface area (Å²) in [5.41, 5.74) is 4.88. The van der Waals surface area contributed by atoms with Gasteiger partial charge in [-0.3, -0.25) is 0 Å². The maximum absolute atomic E-state index is 10.2. The van der Waals surface area contributed by atoms with Crippen molar-refractivity contribution in [1.82, 2.24) is 16.0 Å². The van der Waals surface area contributed by atoms with Crippen LogP contribution in [-0.4, -0.2) is 38.3 Å². The number of primary amides is 1. The third-order valence-corrected chi connectivity index (χ3v) is 1.46. The van der Waals surface area contributed by atoms with Crippen LogP contribution in [0.4, 0.5) is 4.79 Å². The smallest absolute Gasteiger partial charge is 0.312 e. The van der Waals surface area contributed by atoms with E-state index in [9.17, 15) is 4.79 Å². The predicted octanol–water partition coefficient (Wildman–Crippen LogP) is -0.758. The summed E-state index contributed by atoms with van der Waals surface area (Å²) in [4.78, 5) is 10.2. The largest absolute Gasteiger partial charge is 0.352 e. The summed E-state index contributed by atoms with van der Waals surface area (Å²) in [6, 6.07) is 0.0488. The molecular weight excluding hydrogens is 168 g/mol. The highest BCUT2D eigenvalue weighted by Crippen LogP contribution is 1.72. The number of hydrogen-bond acceptors (Lipinski definition) is 3. The quantitative estimate of drug-likeness (QED) is 0.397. The van der Waals surface area contributed by atoms with Crippen LogP contribution in [0.3, 0.4) is 0 Å². The molecule has 0 aliphatic rings. The lowest BCUT2D eigenvalue weighted by molar-refractivity contribution is 0.249. The fourth-order valence-electron chi connectivity index (χ4n) is 0.848. The molecule has 5 nitrogen and oxygen atoms in total. The molecule has 0 aromatic heterocycles. The van der Waals surface area contributed by atoms with E-state index in [2.05, 4.69) is 29.8 Å². The Hall–Kier alpha value is -0.810. The Kier molecular flexibility index (Phi) is 7.33.